The Hall–Kier alpha value is -2.05. The summed E-state index contributed by atoms with van der Waals surface area (Å²) in [6.07, 6.45) is 13.5. The Bertz CT molecular complexity index is 860. The Morgan fingerprint density at radius 1 is 0.800 bits per heavy atom. The van der Waals surface area contributed by atoms with Crippen LogP contribution in [0.3, 0.4) is 0 Å². The maximum atomic E-state index is 11.2. The van der Waals surface area contributed by atoms with Crippen LogP contribution in [0.1, 0.15) is 76.7 Å². The lowest BCUT2D eigenvalue weighted by Gasteiger charge is -2.13. The van der Waals surface area contributed by atoms with E-state index in [-0.39, 0.29) is 10.6 Å². The molecule has 0 amide bonds. The minimum atomic E-state index is -4.24. The Balaban J connectivity index is 1.82. The second kappa shape index (κ2) is 12.6. The number of aromatic hydroxyl groups is 1. The highest BCUT2D eigenvalue weighted by Crippen LogP contribution is 2.35. The second-order valence-corrected chi connectivity index (χ2v) is 9.17. The van der Waals surface area contributed by atoms with Crippen molar-refractivity contribution in [1.29, 1.82) is 0 Å². The highest BCUT2D eigenvalue weighted by Gasteiger charge is 2.12. The minimum Gasteiger partial charge on any atom is -0.504 e. The molecule has 0 saturated heterocycles. The molecule has 0 spiro atoms. The summed E-state index contributed by atoms with van der Waals surface area (Å²) >= 11 is 0. The van der Waals surface area contributed by atoms with Gasteiger partial charge in [-0.15, -0.1) is 0 Å². The van der Waals surface area contributed by atoms with Gasteiger partial charge in [-0.05, 0) is 48.7 Å². The number of aryl methyl sites for hydroxylation is 1. The van der Waals surface area contributed by atoms with Crippen molar-refractivity contribution in [1.82, 2.24) is 0 Å². The van der Waals surface area contributed by atoms with Gasteiger partial charge in [0.05, 0.1) is 4.90 Å². The highest BCUT2D eigenvalue weighted by atomic mass is 32.2. The van der Waals surface area contributed by atoms with Gasteiger partial charge in [-0.2, -0.15) is 8.42 Å². The lowest BCUT2D eigenvalue weighted by Crippen LogP contribution is -1.98. The molecule has 2 rings (SSSR count). The summed E-state index contributed by atoms with van der Waals surface area (Å²) in [7, 11) is -4.24. The number of unbranched alkanes of at least 4 members (excludes halogenated alkanes) is 9. The summed E-state index contributed by atoms with van der Waals surface area (Å²) in [6.45, 7) is 2.24. The number of hydrogen-bond acceptors (Lipinski definition) is 4. The summed E-state index contributed by atoms with van der Waals surface area (Å²) in [5.41, 5.74) is 0.924. The zero-order valence-corrected chi connectivity index (χ0v) is 18.7. The van der Waals surface area contributed by atoms with Crippen LogP contribution in [-0.2, 0) is 16.5 Å². The number of ether oxygens (including phenoxy) is 1. The van der Waals surface area contributed by atoms with Gasteiger partial charge in [0.1, 0.15) is 5.75 Å². The summed E-state index contributed by atoms with van der Waals surface area (Å²) in [6, 6.07) is 10.8. The molecule has 0 heterocycles. The monoisotopic (exact) mass is 434 g/mol. The molecule has 5 nitrogen and oxygen atoms in total. The van der Waals surface area contributed by atoms with Crippen molar-refractivity contribution in [2.75, 3.05) is 0 Å². The first-order valence-electron chi connectivity index (χ1n) is 11.0. The van der Waals surface area contributed by atoms with Crippen molar-refractivity contribution in [3.63, 3.8) is 0 Å². The van der Waals surface area contributed by atoms with E-state index < -0.39 is 10.1 Å². The molecule has 0 aromatic heterocycles. The smallest absolute Gasteiger partial charge is 0.294 e. The standard InChI is InChI=1S/C24H34O5S/c1-2-3-4-5-6-7-8-9-10-11-13-20-14-12-15-23(25)24(20)29-21-16-18-22(19-17-21)30(26,27)28/h12,14-19,25H,2-11,13H2,1H3,(H,26,27,28). The Morgan fingerprint density at radius 2 is 1.37 bits per heavy atom. The number of benzene rings is 2. The predicted octanol–water partition coefficient (Wildman–Crippen LogP) is 6.89. The number of phenols is 1. The fourth-order valence-corrected chi connectivity index (χ4v) is 3.97. The summed E-state index contributed by atoms with van der Waals surface area (Å²) < 4.78 is 37.2. The van der Waals surface area contributed by atoms with Gasteiger partial charge < -0.3 is 9.84 Å². The van der Waals surface area contributed by atoms with Crippen LogP contribution < -0.4 is 4.74 Å². The van der Waals surface area contributed by atoms with Crippen molar-refractivity contribution >= 4 is 10.1 Å². The van der Waals surface area contributed by atoms with Gasteiger partial charge in [-0.3, -0.25) is 4.55 Å². The van der Waals surface area contributed by atoms with Crippen LogP contribution in [0.2, 0.25) is 0 Å². The van der Waals surface area contributed by atoms with Crippen molar-refractivity contribution in [2.45, 2.75) is 82.4 Å². The number of para-hydroxylation sites is 1. The Morgan fingerprint density at radius 3 is 1.93 bits per heavy atom. The third-order valence-electron chi connectivity index (χ3n) is 5.22. The average Bonchev–Trinajstić information content (AvgIpc) is 2.71. The van der Waals surface area contributed by atoms with Crippen LogP contribution >= 0.6 is 0 Å². The molecule has 0 saturated carbocycles. The van der Waals surface area contributed by atoms with E-state index >= 15 is 0 Å². The molecule has 0 aliphatic heterocycles. The zero-order valence-electron chi connectivity index (χ0n) is 17.8. The molecule has 0 aliphatic carbocycles. The molecule has 2 aromatic rings. The largest absolute Gasteiger partial charge is 0.504 e. The quantitative estimate of drug-likeness (QED) is 0.250. The van der Waals surface area contributed by atoms with Gasteiger partial charge in [0.2, 0.25) is 0 Å². The average molecular weight is 435 g/mol. The maximum absolute atomic E-state index is 11.2. The van der Waals surface area contributed by atoms with Gasteiger partial charge in [-0.25, -0.2) is 0 Å². The molecule has 0 fully saturated rings. The molecule has 0 bridgehead atoms. The topological polar surface area (TPSA) is 83.8 Å². The van der Waals surface area contributed by atoms with E-state index in [0.717, 1.165) is 24.8 Å². The fourth-order valence-electron chi connectivity index (χ4n) is 3.49. The van der Waals surface area contributed by atoms with E-state index in [2.05, 4.69) is 6.92 Å². The molecule has 0 aliphatic rings. The van der Waals surface area contributed by atoms with Crippen LogP contribution in [0.15, 0.2) is 47.4 Å². The second-order valence-electron chi connectivity index (χ2n) is 7.75. The minimum absolute atomic E-state index is 0.0541. The van der Waals surface area contributed by atoms with E-state index in [1.54, 1.807) is 12.1 Å². The molecule has 0 atom stereocenters. The molecule has 2 aromatic carbocycles. The van der Waals surface area contributed by atoms with Crippen molar-refractivity contribution in [2.24, 2.45) is 0 Å². The van der Waals surface area contributed by atoms with E-state index in [4.69, 9.17) is 9.29 Å². The van der Waals surface area contributed by atoms with Gasteiger partial charge in [0, 0.05) is 0 Å². The molecular formula is C24H34O5S. The van der Waals surface area contributed by atoms with Crippen molar-refractivity contribution in [3.05, 3.63) is 48.0 Å². The summed E-state index contributed by atoms with van der Waals surface area (Å²) in [5, 5.41) is 10.2. The van der Waals surface area contributed by atoms with Crippen LogP contribution in [0, 0.1) is 0 Å². The van der Waals surface area contributed by atoms with Gasteiger partial charge in [-0.1, -0.05) is 76.8 Å². The first-order valence-corrected chi connectivity index (χ1v) is 12.4. The van der Waals surface area contributed by atoms with E-state index in [9.17, 15) is 13.5 Å². The van der Waals surface area contributed by atoms with E-state index in [0.29, 0.717) is 11.5 Å². The van der Waals surface area contributed by atoms with E-state index in [1.165, 1.54) is 75.6 Å². The van der Waals surface area contributed by atoms with Crippen molar-refractivity contribution < 1.29 is 22.8 Å². The predicted molar refractivity (Wildman–Crippen MR) is 120 cm³/mol. The third kappa shape index (κ3) is 8.36. The van der Waals surface area contributed by atoms with Crippen LogP contribution in [0.25, 0.3) is 0 Å². The van der Waals surface area contributed by atoms with Crippen molar-refractivity contribution in [3.8, 4) is 17.2 Å². The van der Waals surface area contributed by atoms with Gasteiger partial charge >= 0.3 is 0 Å². The Labute approximate surface area is 180 Å². The zero-order chi connectivity index (χ0) is 21.8. The number of rotatable bonds is 14. The van der Waals surface area contributed by atoms with Gasteiger partial charge in [0.15, 0.2) is 11.5 Å². The van der Waals surface area contributed by atoms with Crippen LogP contribution in [0.5, 0.6) is 17.2 Å². The Kier molecular flexibility index (Phi) is 10.2. The highest BCUT2D eigenvalue weighted by molar-refractivity contribution is 7.85. The molecule has 2 N–H and O–H groups in total. The van der Waals surface area contributed by atoms with Crippen LogP contribution in [0.4, 0.5) is 0 Å². The third-order valence-corrected chi connectivity index (χ3v) is 6.08. The fraction of sp³-hybridized carbons (Fsp3) is 0.500. The molecule has 6 heteroatoms. The number of phenolic OH excluding ortho intramolecular Hbond substituents is 1. The molecule has 0 radical (unpaired) electrons. The summed E-state index contributed by atoms with van der Waals surface area (Å²) in [5.74, 6) is 0.847. The first kappa shape index (κ1) is 24.2. The van der Waals surface area contributed by atoms with Gasteiger partial charge in [0.25, 0.3) is 10.1 Å². The lowest BCUT2D eigenvalue weighted by molar-refractivity contribution is 0.406. The van der Waals surface area contributed by atoms with E-state index in [1.807, 2.05) is 6.07 Å². The molecule has 166 valence electrons. The molecule has 0 unspecified atom stereocenters. The summed E-state index contributed by atoms with van der Waals surface area (Å²) in [4.78, 5) is -0.197. The van der Waals surface area contributed by atoms with Crippen LogP contribution in [-0.4, -0.2) is 18.1 Å². The number of hydrogen-bond donors (Lipinski definition) is 2. The molecule has 30 heavy (non-hydrogen) atoms. The normalized spacial score (nSPS) is 11.5. The lowest BCUT2D eigenvalue weighted by atomic mass is 10.0. The maximum Gasteiger partial charge on any atom is 0.294 e. The SMILES string of the molecule is CCCCCCCCCCCCc1cccc(O)c1Oc1ccc(S(=O)(=O)O)cc1. The molecular weight excluding hydrogens is 400 g/mol. The first-order chi connectivity index (χ1) is 14.4.